The standard InChI is InChI=1S/C11H18N2O3/c1-5-6-11(3,4)13-9(15)7(2)8(14)12-10(13)16/h15H,5-6H2,1-4H3,(H,12,14,16). The summed E-state index contributed by atoms with van der Waals surface area (Å²) in [7, 11) is 0. The zero-order valence-electron chi connectivity index (χ0n) is 10.1. The smallest absolute Gasteiger partial charge is 0.331 e. The van der Waals surface area contributed by atoms with Crippen LogP contribution in [0.1, 0.15) is 39.2 Å². The Hall–Kier alpha value is -1.52. The van der Waals surface area contributed by atoms with Gasteiger partial charge < -0.3 is 5.11 Å². The normalized spacial score (nSPS) is 11.8. The highest BCUT2D eigenvalue weighted by Gasteiger charge is 2.25. The van der Waals surface area contributed by atoms with Gasteiger partial charge in [0, 0.05) is 5.54 Å². The highest BCUT2D eigenvalue weighted by atomic mass is 16.3. The molecule has 0 saturated carbocycles. The monoisotopic (exact) mass is 226 g/mol. The van der Waals surface area contributed by atoms with Crippen molar-refractivity contribution >= 4 is 0 Å². The minimum Gasteiger partial charge on any atom is -0.494 e. The zero-order chi connectivity index (χ0) is 12.5. The van der Waals surface area contributed by atoms with Gasteiger partial charge in [-0.1, -0.05) is 13.3 Å². The summed E-state index contributed by atoms with van der Waals surface area (Å²) in [6.45, 7) is 7.21. The van der Waals surface area contributed by atoms with Crippen molar-refractivity contribution in [2.24, 2.45) is 0 Å². The van der Waals surface area contributed by atoms with Gasteiger partial charge in [0.25, 0.3) is 5.56 Å². The third-order valence-electron chi connectivity index (χ3n) is 2.78. The zero-order valence-corrected chi connectivity index (χ0v) is 10.1. The first-order chi connectivity index (χ1) is 7.31. The lowest BCUT2D eigenvalue weighted by molar-refractivity contribution is 0.263. The van der Waals surface area contributed by atoms with E-state index >= 15 is 0 Å². The van der Waals surface area contributed by atoms with Crippen molar-refractivity contribution in [3.63, 3.8) is 0 Å². The molecule has 0 aromatic carbocycles. The van der Waals surface area contributed by atoms with E-state index < -0.39 is 16.8 Å². The maximum Gasteiger partial charge on any atom is 0.331 e. The summed E-state index contributed by atoms with van der Waals surface area (Å²) < 4.78 is 1.24. The van der Waals surface area contributed by atoms with Gasteiger partial charge >= 0.3 is 5.69 Å². The Bertz CT molecular complexity index is 497. The number of aromatic nitrogens is 2. The predicted molar refractivity (Wildman–Crippen MR) is 62.0 cm³/mol. The lowest BCUT2D eigenvalue weighted by Gasteiger charge is -2.28. The van der Waals surface area contributed by atoms with E-state index in [1.165, 1.54) is 11.5 Å². The Balaban J connectivity index is 3.52. The summed E-state index contributed by atoms with van der Waals surface area (Å²) in [5.74, 6) is -0.243. The molecule has 0 aliphatic heterocycles. The van der Waals surface area contributed by atoms with Gasteiger partial charge in [0.05, 0.1) is 5.56 Å². The molecule has 90 valence electrons. The molecule has 0 bridgehead atoms. The lowest BCUT2D eigenvalue weighted by Crippen LogP contribution is -2.41. The molecule has 1 rings (SSSR count). The number of H-pyrrole nitrogens is 1. The van der Waals surface area contributed by atoms with Gasteiger partial charge in [-0.3, -0.25) is 14.3 Å². The fourth-order valence-electron chi connectivity index (χ4n) is 1.90. The highest BCUT2D eigenvalue weighted by Crippen LogP contribution is 2.24. The molecule has 0 aliphatic carbocycles. The van der Waals surface area contributed by atoms with Crippen molar-refractivity contribution in [3.05, 3.63) is 26.4 Å². The van der Waals surface area contributed by atoms with Gasteiger partial charge in [-0.15, -0.1) is 0 Å². The molecule has 5 nitrogen and oxygen atoms in total. The van der Waals surface area contributed by atoms with Gasteiger partial charge in [0.1, 0.15) is 0 Å². The molecule has 0 spiro atoms. The predicted octanol–water partition coefficient (Wildman–Crippen LogP) is 1.09. The average Bonchev–Trinajstić information content (AvgIpc) is 2.13. The number of aromatic amines is 1. The first-order valence-electron chi connectivity index (χ1n) is 5.36. The number of nitrogens with one attached hydrogen (secondary N) is 1. The third-order valence-corrected chi connectivity index (χ3v) is 2.78. The molecule has 0 amide bonds. The van der Waals surface area contributed by atoms with Crippen molar-refractivity contribution in [3.8, 4) is 5.88 Å². The first kappa shape index (κ1) is 12.5. The minimum atomic E-state index is -0.563. The number of aromatic hydroxyl groups is 1. The molecule has 0 saturated heterocycles. The lowest BCUT2D eigenvalue weighted by atomic mass is 9.98. The largest absolute Gasteiger partial charge is 0.494 e. The van der Waals surface area contributed by atoms with Crippen molar-refractivity contribution in [2.75, 3.05) is 0 Å². The molecule has 1 aromatic heterocycles. The second-order valence-electron chi connectivity index (χ2n) is 4.61. The van der Waals surface area contributed by atoms with E-state index in [2.05, 4.69) is 4.98 Å². The third kappa shape index (κ3) is 2.03. The van der Waals surface area contributed by atoms with Gasteiger partial charge in [-0.25, -0.2) is 4.79 Å². The van der Waals surface area contributed by atoms with Crippen LogP contribution in [0.5, 0.6) is 5.88 Å². The van der Waals surface area contributed by atoms with Crippen LogP contribution in [0.15, 0.2) is 9.59 Å². The molecule has 5 heteroatoms. The van der Waals surface area contributed by atoms with Crippen LogP contribution < -0.4 is 11.2 Å². The number of rotatable bonds is 3. The minimum absolute atomic E-state index is 0.170. The van der Waals surface area contributed by atoms with Crippen LogP contribution in [-0.4, -0.2) is 14.7 Å². The van der Waals surface area contributed by atoms with Crippen LogP contribution in [-0.2, 0) is 5.54 Å². The van der Waals surface area contributed by atoms with E-state index in [9.17, 15) is 14.7 Å². The summed E-state index contributed by atoms with van der Waals surface area (Å²) in [4.78, 5) is 25.2. The van der Waals surface area contributed by atoms with E-state index in [4.69, 9.17) is 0 Å². The quantitative estimate of drug-likeness (QED) is 0.810. The molecule has 0 fully saturated rings. The summed E-state index contributed by atoms with van der Waals surface area (Å²) in [6.07, 6.45) is 1.63. The van der Waals surface area contributed by atoms with Crippen LogP contribution >= 0.6 is 0 Å². The fraction of sp³-hybridized carbons (Fsp3) is 0.636. The molecular weight excluding hydrogens is 208 g/mol. The summed E-state index contributed by atoms with van der Waals surface area (Å²) in [5.41, 5.74) is -1.44. The molecule has 16 heavy (non-hydrogen) atoms. The summed E-state index contributed by atoms with van der Waals surface area (Å²) >= 11 is 0. The molecule has 0 aliphatic rings. The van der Waals surface area contributed by atoms with Crippen LogP contribution in [0.2, 0.25) is 0 Å². The van der Waals surface area contributed by atoms with Crippen LogP contribution in [0, 0.1) is 6.92 Å². The second-order valence-corrected chi connectivity index (χ2v) is 4.61. The number of hydrogen-bond acceptors (Lipinski definition) is 3. The highest BCUT2D eigenvalue weighted by molar-refractivity contribution is 5.21. The SMILES string of the molecule is CCCC(C)(C)n1c(O)c(C)c(=O)[nH]c1=O. The van der Waals surface area contributed by atoms with Crippen LogP contribution in [0.4, 0.5) is 0 Å². The Kier molecular flexibility index (Phi) is 3.26. The Labute approximate surface area is 93.8 Å². The maximum atomic E-state index is 11.7. The molecular formula is C11H18N2O3. The Morgan fingerprint density at radius 2 is 1.94 bits per heavy atom. The molecule has 0 radical (unpaired) electrons. The number of hydrogen-bond donors (Lipinski definition) is 2. The van der Waals surface area contributed by atoms with E-state index in [0.29, 0.717) is 0 Å². The topological polar surface area (TPSA) is 75.1 Å². The second kappa shape index (κ2) is 4.15. The molecule has 2 N–H and O–H groups in total. The maximum absolute atomic E-state index is 11.7. The first-order valence-corrected chi connectivity index (χ1v) is 5.36. The molecule has 1 heterocycles. The molecule has 0 atom stereocenters. The van der Waals surface area contributed by atoms with Crippen LogP contribution in [0.25, 0.3) is 0 Å². The van der Waals surface area contributed by atoms with E-state index in [1.54, 1.807) is 0 Å². The van der Waals surface area contributed by atoms with Gasteiger partial charge in [-0.2, -0.15) is 0 Å². The summed E-state index contributed by atoms with van der Waals surface area (Å²) in [5, 5.41) is 9.86. The molecule has 1 aromatic rings. The van der Waals surface area contributed by atoms with Crippen molar-refractivity contribution < 1.29 is 5.11 Å². The van der Waals surface area contributed by atoms with E-state index in [1.807, 2.05) is 20.8 Å². The Morgan fingerprint density at radius 1 is 1.38 bits per heavy atom. The van der Waals surface area contributed by atoms with Gasteiger partial charge in [-0.05, 0) is 27.2 Å². The van der Waals surface area contributed by atoms with E-state index in [0.717, 1.165) is 12.8 Å². The van der Waals surface area contributed by atoms with E-state index in [-0.39, 0.29) is 11.4 Å². The van der Waals surface area contributed by atoms with Gasteiger partial charge in [0.15, 0.2) is 0 Å². The average molecular weight is 226 g/mol. The van der Waals surface area contributed by atoms with Crippen molar-refractivity contribution in [2.45, 2.75) is 46.1 Å². The fourth-order valence-corrected chi connectivity index (χ4v) is 1.90. The molecule has 0 unspecified atom stereocenters. The van der Waals surface area contributed by atoms with Crippen molar-refractivity contribution in [1.29, 1.82) is 0 Å². The summed E-state index contributed by atoms with van der Waals surface area (Å²) in [6, 6.07) is 0. The van der Waals surface area contributed by atoms with Crippen molar-refractivity contribution in [1.82, 2.24) is 9.55 Å². The van der Waals surface area contributed by atoms with Gasteiger partial charge in [0.2, 0.25) is 5.88 Å². The Morgan fingerprint density at radius 3 is 2.44 bits per heavy atom. The number of nitrogens with zero attached hydrogens (tertiary/aromatic N) is 1. The van der Waals surface area contributed by atoms with Crippen LogP contribution in [0.3, 0.4) is 0 Å².